The summed E-state index contributed by atoms with van der Waals surface area (Å²) in [7, 11) is 1.99. The maximum atomic E-state index is 5.91. The van der Waals surface area contributed by atoms with Gasteiger partial charge < -0.3 is 9.88 Å². The summed E-state index contributed by atoms with van der Waals surface area (Å²) in [6.07, 6.45) is 4.52. The molecule has 0 saturated heterocycles. The Hall–Kier alpha value is -1.29. The van der Waals surface area contributed by atoms with E-state index in [0.29, 0.717) is 5.88 Å². The third-order valence-corrected chi connectivity index (χ3v) is 3.62. The van der Waals surface area contributed by atoms with Gasteiger partial charge in [-0.25, -0.2) is 9.97 Å². The minimum absolute atomic E-state index is 0.119. The molecule has 0 amide bonds. The summed E-state index contributed by atoms with van der Waals surface area (Å²) in [5.74, 6) is 1.47. The lowest BCUT2D eigenvalue weighted by Crippen LogP contribution is -2.34. The smallest absolute Gasteiger partial charge is 0.154 e. The molecule has 2 aromatic heterocycles. The number of hydrogen-bond donors (Lipinski definition) is 1. The van der Waals surface area contributed by atoms with Crippen LogP contribution in [0.1, 0.15) is 27.2 Å². The van der Waals surface area contributed by atoms with E-state index in [0.717, 1.165) is 23.3 Å². The van der Waals surface area contributed by atoms with Crippen molar-refractivity contribution in [2.75, 3.05) is 11.2 Å². The molecule has 1 N–H and O–H groups in total. The van der Waals surface area contributed by atoms with Gasteiger partial charge in [0.25, 0.3) is 0 Å². The number of imidazole rings is 1. The van der Waals surface area contributed by atoms with Gasteiger partial charge >= 0.3 is 0 Å². The monoisotopic (exact) mass is 280 g/mol. The van der Waals surface area contributed by atoms with Crippen LogP contribution in [0, 0.1) is 5.41 Å². The number of alkyl halides is 1. The van der Waals surface area contributed by atoms with Crippen molar-refractivity contribution < 1.29 is 0 Å². The Balaban J connectivity index is 2.34. The van der Waals surface area contributed by atoms with E-state index >= 15 is 0 Å². The first-order chi connectivity index (χ1) is 8.93. The molecule has 0 spiro atoms. The van der Waals surface area contributed by atoms with Gasteiger partial charge in [0, 0.05) is 25.2 Å². The van der Waals surface area contributed by atoms with Crippen LogP contribution in [0.3, 0.4) is 0 Å². The van der Waals surface area contributed by atoms with E-state index in [-0.39, 0.29) is 11.5 Å². The van der Waals surface area contributed by atoms with Gasteiger partial charge in [0.15, 0.2) is 5.82 Å². The van der Waals surface area contributed by atoms with E-state index in [9.17, 15) is 0 Å². The summed E-state index contributed by atoms with van der Waals surface area (Å²) in [6.45, 7) is 6.61. The van der Waals surface area contributed by atoms with Gasteiger partial charge in [0.2, 0.25) is 0 Å². The minimum Gasteiger partial charge on any atom is -0.365 e. The van der Waals surface area contributed by atoms with E-state index in [4.69, 9.17) is 11.6 Å². The average molecular weight is 281 g/mol. The Morgan fingerprint density at radius 1 is 1.37 bits per heavy atom. The Bertz CT molecular complexity index is 556. The van der Waals surface area contributed by atoms with Crippen molar-refractivity contribution in [2.45, 2.75) is 33.2 Å². The highest BCUT2D eigenvalue weighted by Crippen LogP contribution is 2.27. The van der Waals surface area contributed by atoms with Crippen molar-refractivity contribution in [1.82, 2.24) is 14.5 Å². The van der Waals surface area contributed by atoms with Crippen molar-refractivity contribution in [2.24, 2.45) is 12.5 Å². The third-order valence-electron chi connectivity index (χ3n) is 3.40. The van der Waals surface area contributed by atoms with Crippen molar-refractivity contribution in [3.05, 3.63) is 18.6 Å². The minimum atomic E-state index is 0.119. The van der Waals surface area contributed by atoms with E-state index in [2.05, 4.69) is 36.1 Å². The molecule has 1 unspecified atom stereocenters. The van der Waals surface area contributed by atoms with E-state index in [1.54, 1.807) is 0 Å². The summed E-state index contributed by atoms with van der Waals surface area (Å²) in [6, 6.07) is 2.24. The fourth-order valence-electron chi connectivity index (χ4n) is 2.16. The summed E-state index contributed by atoms with van der Waals surface area (Å²) in [4.78, 5) is 8.84. The lowest BCUT2D eigenvalue weighted by molar-refractivity contribution is 0.334. The van der Waals surface area contributed by atoms with E-state index < -0.39 is 0 Å². The number of halogens is 1. The number of nitrogens with one attached hydrogen (secondary N) is 1. The first-order valence-corrected chi connectivity index (χ1v) is 7.05. The summed E-state index contributed by atoms with van der Waals surface area (Å²) in [5.41, 5.74) is 2.11. The van der Waals surface area contributed by atoms with Gasteiger partial charge in [-0.2, -0.15) is 0 Å². The van der Waals surface area contributed by atoms with Gasteiger partial charge in [-0.1, -0.05) is 20.8 Å². The standard InChI is InChI=1S/C14H21ClN4/c1-14(2,3)11(5-7-15)18-13-12-10(6-8-16-13)19(4)9-17-12/h6,8-9,11H,5,7H2,1-4H3,(H,16,18). The molecule has 0 saturated carbocycles. The molecule has 0 radical (unpaired) electrons. The van der Waals surface area contributed by atoms with Crippen LogP contribution in [0.25, 0.3) is 11.0 Å². The van der Waals surface area contributed by atoms with Crippen LogP contribution in [0.5, 0.6) is 0 Å². The van der Waals surface area contributed by atoms with Crippen LogP contribution >= 0.6 is 11.6 Å². The Morgan fingerprint density at radius 3 is 2.74 bits per heavy atom. The molecule has 2 heterocycles. The van der Waals surface area contributed by atoms with Crippen LogP contribution in [0.4, 0.5) is 5.82 Å². The van der Waals surface area contributed by atoms with E-state index in [1.807, 2.05) is 30.2 Å². The van der Waals surface area contributed by atoms with Gasteiger partial charge in [-0.15, -0.1) is 11.6 Å². The molecule has 1 atom stereocenters. The van der Waals surface area contributed by atoms with E-state index in [1.165, 1.54) is 0 Å². The molecule has 0 bridgehead atoms. The summed E-state index contributed by atoms with van der Waals surface area (Å²) in [5, 5.41) is 3.50. The first kappa shape index (κ1) is 14.1. The molecule has 0 aromatic carbocycles. The normalized spacial score (nSPS) is 13.7. The Morgan fingerprint density at radius 2 is 2.11 bits per heavy atom. The van der Waals surface area contributed by atoms with Crippen LogP contribution in [-0.4, -0.2) is 26.5 Å². The summed E-state index contributed by atoms with van der Waals surface area (Å²) >= 11 is 5.91. The number of nitrogens with zero attached hydrogens (tertiary/aromatic N) is 3. The number of aryl methyl sites for hydroxylation is 1. The molecule has 19 heavy (non-hydrogen) atoms. The number of rotatable bonds is 4. The zero-order valence-corrected chi connectivity index (χ0v) is 12.7. The van der Waals surface area contributed by atoms with Gasteiger partial charge in [0.1, 0.15) is 5.52 Å². The SMILES string of the molecule is Cn1cnc2c(NC(CCCl)C(C)(C)C)nccc21. The zero-order valence-electron chi connectivity index (χ0n) is 11.9. The average Bonchev–Trinajstić information content (AvgIpc) is 2.71. The highest BCUT2D eigenvalue weighted by Gasteiger charge is 2.25. The fourth-order valence-corrected chi connectivity index (χ4v) is 2.38. The van der Waals surface area contributed by atoms with Crippen molar-refractivity contribution in [3.63, 3.8) is 0 Å². The van der Waals surface area contributed by atoms with Crippen molar-refractivity contribution in [1.29, 1.82) is 0 Å². The molecule has 0 fully saturated rings. The highest BCUT2D eigenvalue weighted by atomic mass is 35.5. The molecule has 4 nitrogen and oxygen atoms in total. The molecule has 0 aliphatic heterocycles. The lowest BCUT2D eigenvalue weighted by Gasteiger charge is -2.31. The Labute approximate surface area is 119 Å². The van der Waals surface area contributed by atoms with Crippen LogP contribution in [0.15, 0.2) is 18.6 Å². The van der Waals surface area contributed by atoms with Crippen LogP contribution in [0.2, 0.25) is 0 Å². The van der Waals surface area contributed by atoms with Gasteiger partial charge in [-0.05, 0) is 17.9 Å². The van der Waals surface area contributed by atoms with Crippen LogP contribution < -0.4 is 5.32 Å². The van der Waals surface area contributed by atoms with Gasteiger partial charge in [-0.3, -0.25) is 0 Å². The molecule has 0 aliphatic rings. The Kier molecular flexibility index (Phi) is 3.99. The topological polar surface area (TPSA) is 42.7 Å². The second-order valence-electron chi connectivity index (χ2n) is 5.92. The largest absolute Gasteiger partial charge is 0.365 e. The second-order valence-corrected chi connectivity index (χ2v) is 6.30. The maximum Gasteiger partial charge on any atom is 0.154 e. The predicted molar refractivity (Wildman–Crippen MR) is 80.7 cm³/mol. The number of anilines is 1. The lowest BCUT2D eigenvalue weighted by atomic mass is 9.85. The molecule has 0 aliphatic carbocycles. The predicted octanol–water partition coefficient (Wildman–Crippen LogP) is 3.42. The quantitative estimate of drug-likeness (QED) is 0.873. The second kappa shape index (κ2) is 5.37. The molecular weight excluding hydrogens is 260 g/mol. The molecule has 2 aromatic rings. The number of aromatic nitrogens is 3. The fraction of sp³-hybridized carbons (Fsp3) is 0.571. The number of pyridine rings is 1. The number of fused-ring (bicyclic) bond motifs is 1. The van der Waals surface area contributed by atoms with Gasteiger partial charge in [0.05, 0.1) is 11.8 Å². The molecule has 5 heteroatoms. The molecule has 2 rings (SSSR count). The van der Waals surface area contributed by atoms with Crippen molar-refractivity contribution >= 4 is 28.5 Å². The maximum absolute atomic E-state index is 5.91. The molecular formula is C14H21ClN4. The third kappa shape index (κ3) is 3.00. The van der Waals surface area contributed by atoms with Crippen LogP contribution in [-0.2, 0) is 7.05 Å². The molecule has 104 valence electrons. The number of hydrogen-bond acceptors (Lipinski definition) is 3. The zero-order chi connectivity index (χ0) is 14.0. The summed E-state index contributed by atoms with van der Waals surface area (Å²) < 4.78 is 2.00. The van der Waals surface area contributed by atoms with Crippen molar-refractivity contribution in [3.8, 4) is 0 Å². The highest BCUT2D eigenvalue weighted by molar-refractivity contribution is 6.17. The first-order valence-electron chi connectivity index (χ1n) is 6.52.